The fourth-order valence-corrected chi connectivity index (χ4v) is 28.0. The molecule has 0 spiro atoms. The average molecular weight is 723 g/mol. The normalized spacial score (nSPS) is 27.1. The molecule has 4 fully saturated rings. The van der Waals surface area contributed by atoms with Crippen molar-refractivity contribution in [1.82, 2.24) is 0 Å². The third-order valence-electron chi connectivity index (χ3n) is 13.5. The van der Waals surface area contributed by atoms with E-state index in [-0.39, 0.29) is 12.4 Å². The molecule has 2 unspecified atom stereocenters. The van der Waals surface area contributed by atoms with E-state index in [0.717, 1.165) is 34.5 Å². The zero-order chi connectivity index (χ0) is 30.4. The Morgan fingerprint density at radius 2 is 0.727 bits per heavy atom. The minimum absolute atomic E-state index is 0. The van der Waals surface area contributed by atoms with Crippen molar-refractivity contribution in [1.29, 1.82) is 0 Å². The Bertz CT molecular complexity index is 1140. The van der Waals surface area contributed by atoms with Crippen LogP contribution in [-0.4, -0.2) is 22.6 Å². The first-order chi connectivity index (χ1) is 20.6. The van der Waals surface area contributed by atoms with Gasteiger partial charge >= 0.3 is 277 Å². The first-order valence-corrected chi connectivity index (χ1v) is 23.2. The summed E-state index contributed by atoms with van der Waals surface area (Å²) in [4.78, 5) is -2.38. The quantitative estimate of drug-likeness (QED) is 0.206. The minimum atomic E-state index is -2.38. The van der Waals surface area contributed by atoms with Gasteiger partial charge in [-0.3, -0.25) is 0 Å². The summed E-state index contributed by atoms with van der Waals surface area (Å²) in [6.07, 6.45) is 25.4. The van der Waals surface area contributed by atoms with Crippen molar-refractivity contribution in [3.63, 3.8) is 0 Å². The van der Waals surface area contributed by atoms with Crippen LogP contribution in [0.5, 0.6) is 0 Å². The molecule has 0 saturated heterocycles. The Morgan fingerprint density at radius 1 is 0.455 bits per heavy atom. The van der Waals surface area contributed by atoms with E-state index in [0.29, 0.717) is 0 Å². The van der Waals surface area contributed by atoms with Gasteiger partial charge in [0, 0.05) is 0 Å². The van der Waals surface area contributed by atoms with Crippen molar-refractivity contribution in [3.8, 4) is 0 Å². The zero-order valence-electron chi connectivity index (χ0n) is 29.0. The summed E-state index contributed by atoms with van der Waals surface area (Å²) in [5, 5.41) is 0. The second kappa shape index (κ2) is 14.1. The molecule has 247 valence electrons. The molecular weight excluding hydrogens is 660 g/mol. The van der Waals surface area contributed by atoms with Crippen LogP contribution in [0, 0.1) is 41.5 Å². The Balaban J connectivity index is 0.00000384. The minimum Gasteiger partial charge on any atom is -0.147 e. The molecule has 0 N–H and O–H groups in total. The van der Waals surface area contributed by atoms with Gasteiger partial charge in [-0.1, -0.05) is 0 Å². The molecule has 2 aromatic rings. The number of hydrogen-bond donors (Lipinski definition) is 0. The van der Waals surface area contributed by atoms with E-state index < -0.39 is 4.94 Å². The second-order valence-corrected chi connectivity index (χ2v) is 26.7. The predicted molar refractivity (Wildman–Crippen MR) is 195 cm³/mol. The molecule has 0 aromatic heterocycles. The van der Waals surface area contributed by atoms with Gasteiger partial charge in [-0.2, -0.15) is 0 Å². The molecule has 0 nitrogen and oxygen atoms in total. The molecule has 0 aliphatic heterocycles. The Morgan fingerprint density at radius 3 is 1.00 bits per heavy atom. The van der Waals surface area contributed by atoms with Gasteiger partial charge in [0.05, 0.1) is 0 Å². The van der Waals surface area contributed by atoms with Crippen LogP contribution in [-0.2, 0) is 17.8 Å². The summed E-state index contributed by atoms with van der Waals surface area (Å²) in [5.74, 6) is 1.44. The molecule has 6 rings (SSSR count). The largest absolute Gasteiger partial charge is 0.147 e. The van der Waals surface area contributed by atoms with Gasteiger partial charge < -0.3 is 0 Å². The molecule has 2 aromatic carbocycles. The topological polar surface area (TPSA) is 0 Å². The van der Waals surface area contributed by atoms with Crippen LogP contribution >= 0.6 is 17.3 Å². The Labute approximate surface area is 287 Å². The molecule has 4 aliphatic rings. The Hall–Kier alpha value is -0.217. The van der Waals surface area contributed by atoms with E-state index in [1.165, 1.54) is 120 Å². The van der Waals surface area contributed by atoms with Crippen LogP contribution in [0.25, 0.3) is 0 Å². The summed E-state index contributed by atoms with van der Waals surface area (Å²) < 4.78 is 0. The third-order valence-corrected chi connectivity index (χ3v) is 28.8. The SMILES string of the molecule is Cc1cc(C)c(C2CCC(c3c(C)cc(C)cc3C)C2[P]([Ru])(C2CCCCC2)(C2CCCCC2)C2CCCCC2)c(C)c1.Cl. The summed E-state index contributed by atoms with van der Waals surface area (Å²) in [6.45, 7) is 14.5. The van der Waals surface area contributed by atoms with E-state index in [1.807, 2.05) is 0 Å². The number of hydrogen-bond acceptors (Lipinski definition) is 0. The molecule has 0 amide bonds. The van der Waals surface area contributed by atoms with Crippen LogP contribution in [0.15, 0.2) is 24.3 Å². The first kappa shape index (κ1) is 35.1. The van der Waals surface area contributed by atoms with Crippen LogP contribution < -0.4 is 0 Å². The van der Waals surface area contributed by atoms with Gasteiger partial charge in [0.25, 0.3) is 0 Å². The molecule has 0 bridgehead atoms. The molecule has 0 heterocycles. The summed E-state index contributed by atoms with van der Waals surface area (Å²) >= 11 is 4.02. The average Bonchev–Trinajstić information content (AvgIpc) is 3.42. The maximum atomic E-state index is 4.02. The number of halogens is 1. The van der Waals surface area contributed by atoms with E-state index in [9.17, 15) is 0 Å². The Kier molecular flexibility index (Phi) is 11.2. The zero-order valence-corrected chi connectivity index (χ0v) is 32.5. The first-order valence-electron chi connectivity index (χ1n) is 18.5. The van der Waals surface area contributed by atoms with Crippen LogP contribution in [0.1, 0.15) is 165 Å². The fraction of sp³-hybridized carbons (Fsp3) is 0.707. The van der Waals surface area contributed by atoms with E-state index in [1.54, 1.807) is 33.4 Å². The van der Waals surface area contributed by atoms with Crippen LogP contribution in [0.3, 0.4) is 0 Å². The summed E-state index contributed by atoms with van der Waals surface area (Å²) in [7, 11) is 0. The van der Waals surface area contributed by atoms with Gasteiger partial charge in [-0.05, 0) is 0 Å². The van der Waals surface area contributed by atoms with Crippen molar-refractivity contribution in [2.45, 2.75) is 185 Å². The number of benzene rings is 2. The fourth-order valence-electron chi connectivity index (χ4n) is 12.4. The molecule has 44 heavy (non-hydrogen) atoms. The van der Waals surface area contributed by atoms with E-state index >= 15 is 0 Å². The number of rotatable bonds is 6. The van der Waals surface area contributed by atoms with Crippen molar-refractivity contribution in [2.75, 3.05) is 0 Å². The smallest absolute Gasteiger partial charge is 0.147 e. The van der Waals surface area contributed by atoms with Crippen molar-refractivity contribution >= 4 is 17.3 Å². The van der Waals surface area contributed by atoms with Gasteiger partial charge in [-0.25, -0.2) is 0 Å². The molecule has 0 radical (unpaired) electrons. The van der Waals surface area contributed by atoms with Gasteiger partial charge in [0.15, 0.2) is 0 Å². The standard InChI is InChI=1S/C41H62P.ClH.Ru/c1-28-24-30(3)39(31(4)25-28)37-22-23-38(40-32(5)26-29(2)27-33(40)6)41(37)42(34-16-10-7-11-17-34,35-18-12-8-13-19-35)36-20-14-9-15-21-36;;/h24-27,34-38,41H,7-23H2,1-6H3;1H;/q+1;;-1. The van der Waals surface area contributed by atoms with Crippen molar-refractivity contribution in [3.05, 3.63) is 68.8 Å². The molecule has 2 atom stereocenters. The van der Waals surface area contributed by atoms with Crippen molar-refractivity contribution in [2.24, 2.45) is 0 Å². The van der Waals surface area contributed by atoms with Crippen molar-refractivity contribution < 1.29 is 17.8 Å². The maximum Gasteiger partial charge on any atom is -0.147 e. The molecule has 3 heteroatoms. The summed E-state index contributed by atoms with van der Waals surface area (Å²) in [6, 6.07) is 10.1. The second-order valence-electron chi connectivity index (χ2n) is 16.0. The van der Waals surface area contributed by atoms with Gasteiger partial charge in [0.1, 0.15) is 0 Å². The monoisotopic (exact) mass is 723 g/mol. The molecule has 4 aliphatic carbocycles. The van der Waals surface area contributed by atoms with Gasteiger partial charge in [0.2, 0.25) is 0 Å². The predicted octanol–water partition coefficient (Wildman–Crippen LogP) is 13.0. The maximum absolute atomic E-state index is 4.02. The molecule has 4 saturated carbocycles. The summed E-state index contributed by atoms with van der Waals surface area (Å²) in [5.41, 5.74) is 16.6. The van der Waals surface area contributed by atoms with E-state index in [2.05, 4.69) is 83.6 Å². The van der Waals surface area contributed by atoms with Gasteiger partial charge in [-0.15, -0.1) is 12.4 Å². The third kappa shape index (κ3) is 5.87. The van der Waals surface area contributed by atoms with Crippen LogP contribution in [0.2, 0.25) is 0 Å². The number of aryl methyl sites for hydroxylation is 6. The molecular formula is C41H63ClPRu. The van der Waals surface area contributed by atoms with Crippen LogP contribution in [0.4, 0.5) is 0 Å². The van der Waals surface area contributed by atoms with E-state index in [4.69, 9.17) is 0 Å².